The molecule has 0 bridgehead atoms. The van der Waals surface area contributed by atoms with Crippen LogP contribution in [0.2, 0.25) is 5.02 Å². The Morgan fingerprint density at radius 2 is 2.00 bits per heavy atom. The van der Waals surface area contributed by atoms with Crippen LogP contribution in [0.3, 0.4) is 0 Å². The lowest BCUT2D eigenvalue weighted by Crippen LogP contribution is -2.26. The van der Waals surface area contributed by atoms with Crippen molar-refractivity contribution in [3.63, 3.8) is 0 Å². The molecular formula is C17H18ClFNO7P. The third kappa shape index (κ3) is 5.42. The normalized spacial score (nSPS) is 12.5. The standard InChI is InChI=1S/C17H18ClFNO7P/c1-10(17(22)26-9-28(23,24-2)25-3)27-15-5-4-11(6-14(15)21)16-13(19)7-12(18)8-20-16/h4-8,10,21H,9H2,1-3H3. The topological polar surface area (TPSA) is 104 Å². The Balaban J connectivity index is 2.08. The third-order valence-electron chi connectivity index (χ3n) is 3.60. The number of benzene rings is 1. The molecule has 2 rings (SSSR count). The van der Waals surface area contributed by atoms with E-state index in [-0.39, 0.29) is 27.8 Å². The summed E-state index contributed by atoms with van der Waals surface area (Å²) >= 11 is 5.67. The fraction of sp³-hybridized carbons (Fsp3) is 0.294. The van der Waals surface area contributed by atoms with E-state index in [2.05, 4.69) is 14.0 Å². The number of ether oxygens (including phenoxy) is 2. The highest BCUT2D eigenvalue weighted by Crippen LogP contribution is 2.46. The van der Waals surface area contributed by atoms with Crippen LogP contribution in [0.15, 0.2) is 30.5 Å². The minimum atomic E-state index is -3.52. The molecule has 0 fully saturated rings. The molecular weight excluding hydrogens is 416 g/mol. The van der Waals surface area contributed by atoms with Crippen molar-refractivity contribution in [3.05, 3.63) is 41.3 Å². The molecule has 11 heteroatoms. The average Bonchev–Trinajstić information content (AvgIpc) is 2.67. The molecule has 1 N–H and O–H groups in total. The minimum absolute atomic E-state index is 0.00593. The number of carbonyl (C=O) groups excluding carboxylic acids is 1. The first kappa shape index (κ1) is 22.1. The van der Waals surface area contributed by atoms with Gasteiger partial charge in [-0.2, -0.15) is 0 Å². The Morgan fingerprint density at radius 1 is 1.32 bits per heavy atom. The van der Waals surface area contributed by atoms with E-state index in [0.717, 1.165) is 20.3 Å². The molecule has 0 amide bonds. The largest absolute Gasteiger partial charge is 0.504 e. The van der Waals surface area contributed by atoms with Crippen LogP contribution in [0.1, 0.15) is 6.92 Å². The molecule has 1 aromatic heterocycles. The van der Waals surface area contributed by atoms with E-state index in [1.807, 2.05) is 0 Å². The van der Waals surface area contributed by atoms with Crippen LogP contribution in [-0.2, 0) is 23.1 Å². The summed E-state index contributed by atoms with van der Waals surface area (Å²) in [5.74, 6) is -1.88. The van der Waals surface area contributed by atoms with E-state index in [1.54, 1.807) is 0 Å². The number of hydrogen-bond acceptors (Lipinski definition) is 8. The van der Waals surface area contributed by atoms with Crippen molar-refractivity contribution in [1.82, 2.24) is 4.98 Å². The van der Waals surface area contributed by atoms with Gasteiger partial charge in [0.2, 0.25) is 0 Å². The molecule has 28 heavy (non-hydrogen) atoms. The Labute approximate surface area is 165 Å². The van der Waals surface area contributed by atoms with Crippen molar-refractivity contribution in [3.8, 4) is 22.8 Å². The molecule has 0 radical (unpaired) electrons. The number of halogens is 2. The van der Waals surface area contributed by atoms with E-state index in [0.29, 0.717) is 0 Å². The molecule has 1 heterocycles. The third-order valence-corrected chi connectivity index (χ3v) is 5.36. The summed E-state index contributed by atoms with van der Waals surface area (Å²) < 4.78 is 45.3. The number of rotatable bonds is 8. The Morgan fingerprint density at radius 3 is 2.57 bits per heavy atom. The molecule has 0 aliphatic carbocycles. The minimum Gasteiger partial charge on any atom is -0.504 e. The summed E-state index contributed by atoms with van der Waals surface area (Å²) in [6, 6.07) is 5.13. The number of carbonyl (C=O) groups is 1. The SMILES string of the molecule is COP(=O)(COC(=O)C(C)Oc1ccc(-c2ncc(Cl)cc2F)cc1O)OC. The monoisotopic (exact) mass is 433 g/mol. The number of phenolic OH excluding ortho intramolecular Hbond substituents is 1. The van der Waals surface area contributed by atoms with Crippen LogP contribution in [0.25, 0.3) is 11.3 Å². The molecule has 1 unspecified atom stereocenters. The lowest BCUT2D eigenvalue weighted by atomic mass is 10.1. The first-order valence-corrected chi connectivity index (χ1v) is 9.98. The van der Waals surface area contributed by atoms with Gasteiger partial charge in [-0.15, -0.1) is 0 Å². The highest BCUT2D eigenvalue weighted by atomic mass is 35.5. The molecule has 0 aliphatic rings. The predicted octanol–water partition coefficient (Wildman–Crippen LogP) is 4.00. The van der Waals surface area contributed by atoms with Crippen LogP contribution in [-0.4, -0.2) is 42.7 Å². The lowest BCUT2D eigenvalue weighted by Gasteiger charge is -2.17. The summed E-state index contributed by atoms with van der Waals surface area (Å²) in [5.41, 5.74) is 0.281. The smallest absolute Gasteiger partial charge is 0.367 e. The zero-order valence-electron chi connectivity index (χ0n) is 15.2. The van der Waals surface area contributed by atoms with Crippen LogP contribution in [0.5, 0.6) is 11.5 Å². The molecule has 152 valence electrons. The summed E-state index contributed by atoms with van der Waals surface area (Å²) in [7, 11) is -1.19. The number of aromatic hydroxyl groups is 1. The van der Waals surface area contributed by atoms with Gasteiger partial charge in [-0.1, -0.05) is 11.6 Å². The van der Waals surface area contributed by atoms with Crippen molar-refractivity contribution in [2.24, 2.45) is 0 Å². The molecule has 0 aliphatic heterocycles. The van der Waals surface area contributed by atoms with Gasteiger partial charge in [0.25, 0.3) is 0 Å². The summed E-state index contributed by atoms with van der Waals surface area (Å²) in [6.45, 7) is 1.38. The van der Waals surface area contributed by atoms with E-state index >= 15 is 0 Å². The number of aromatic nitrogens is 1. The van der Waals surface area contributed by atoms with Gasteiger partial charge in [-0.3, -0.25) is 9.55 Å². The van der Waals surface area contributed by atoms with Crippen molar-refractivity contribution in [2.45, 2.75) is 13.0 Å². The van der Waals surface area contributed by atoms with Gasteiger partial charge in [0.15, 0.2) is 29.8 Å². The van der Waals surface area contributed by atoms with Crippen molar-refractivity contribution < 1.29 is 37.4 Å². The quantitative estimate of drug-likeness (QED) is 0.492. The number of esters is 1. The van der Waals surface area contributed by atoms with Gasteiger partial charge in [0.05, 0.1) is 5.02 Å². The Bertz CT molecular complexity index is 903. The fourth-order valence-electron chi connectivity index (χ4n) is 2.07. The number of hydrogen-bond donors (Lipinski definition) is 1. The van der Waals surface area contributed by atoms with Gasteiger partial charge in [0, 0.05) is 26.0 Å². The molecule has 1 atom stereocenters. The van der Waals surface area contributed by atoms with Crippen molar-refractivity contribution >= 4 is 25.2 Å². The first-order valence-electron chi connectivity index (χ1n) is 7.87. The maximum absolute atomic E-state index is 14.0. The number of nitrogens with zero attached hydrogens (tertiary/aromatic N) is 1. The highest BCUT2D eigenvalue weighted by Gasteiger charge is 2.26. The number of phenols is 1. The highest BCUT2D eigenvalue weighted by molar-refractivity contribution is 7.53. The van der Waals surface area contributed by atoms with Gasteiger partial charge in [-0.05, 0) is 31.2 Å². The van der Waals surface area contributed by atoms with Gasteiger partial charge in [0.1, 0.15) is 5.69 Å². The molecule has 1 aromatic carbocycles. The summed E-state index contributed by atoms with van der Waals surface area (Å²) in [6.07, 6.45) is -0.443. The molecule has 0 saturated heterocycles. The zero-order chi connectivity index (χ0) is 20.9. The fourth-order valence-corrected chi connectivity index (χ4v) is 2.86. The van der Waals surface area contributed by atoms with Crippen LogP contribution in [0, 0.1) is 5.82 Å². The van der Waals surface area contributed by atoms with E-state index in [4.69, 9.17) is 21.1 Å². The van der Waals surface area contributed by atoms with E-state index < -0.39 is 31.8 Å². The maximum Gasteiger partial charge on any atom is 0.367 e. The molecule has 2 aromatic rings. The maximum atomic E-state index is 14.0. The second-order valence-corrected chi connectivity index (χ2v) is 8.14. The second kappa shape index (κ2) is 9.34. The second-order valence-electron chi connectivity index (χ2n) is 5.50. The van der Waals surface area contributed by atoms with Crippen LogP contribution >= 0.6 is 19.2 Å². The average molecular weight is 434 g/mol. The van der Waals surface area contributed by atoms with Crippen molar-refractivity contribution in [1.29, 1.82) is 0 Å². The summed E-state index contributed by atoms with van der Waals surface area (Å²) in [5, 5.41) is 10.3. The van der Waals surface area contributed by atoms with Crippen LogP contribution < -0.4 is 4.74 Å². The van der Waals surface area contributed by atoms with Gasteiger partial charge in [-0.25, -0.2) is 9.18 Å². The van der Waals surface area contributed by atoms with Gasteiger partial charge >= 0.3 is 13.6 Å². The number of pyridine rings is 1. The molecule has 0 spiro atoms. The van der Waals surface area contributed by atoms with Crippen molar-refractivity contribution in [2.75, 3.05) is 20.6 Å². The van der Waals surface area contributed by atoms with Crippen LogP contribution in [0.4, 0.5) is 4.39 Å². The van der Waals surface area contributed by atoms with Gasteiger partial charge < -0.3 is 23.6 Å². The van der Waals surface area contributed by atoms with E-state index in [1.165, 1.54) is 31.3 Å². The predicted molar refractivity (Wildman–Crippen MR) is 99.0 cm³/mol. The zero-order valence-corrected chi connectivity index (χ0v) is 16.9. The Kier molecular flexibility index (Phi) is 7.37. The van der Waals surface area contributed by atoms with E-state index in [9.17, 15) is 18.9 Å². The molecule has 8 nitrogen and oxygen atoms in total. The Hall–Kier alpha value is -2.19. The molecule has 0 saturated carbocycles. The first-order chi connectivity index (χ1) is 13.2. The summed E-state index contributed by atoms with van der Waals surface area (Å²) in [4.78, 5) is 15.9. The lowest BCUT2D eigenvalue weighted by molar-refractivity contribution is -0.149.